The number of esters is 1. The van der Waals surface area contributed by atoms with Crippen molar-refractivity contribution in [1.82, 2.24) is 29.8 Å². The molecule has 122 heavy (non-hydrogen) atoms. The predicted octanol–water partition coefficient (Wildman–Crippen LogP) is 24.6. The van der Waals surface area contributed by atoms with E-state index >= 15 is 0 Å². The molecule has 23 heteroatoms. The van der Waals surface area contributed by atoms with Gasteiger partial charge in [-0.05, 0) is 320 Å². The number of aryl methyl sites for hydroxylation is 3. The molecule has 0 aliphatic carbocycles. The van der Waals surface area contributed by atoms with Crippen molar-refractivity contribution in [3.63, 3.8) is 0 Å². The molecule has 0 atom stereocenters. The average Bonchev–Trinajstić information content (AvgIpc) is 0.924. The Kier molecular flexibility index (Phi) is 45.6. The summed E-state index contributed by atoms with van der Waals surface area (Å²) in [6.07, 6.45) is 0.872. The number of aliphatic hydroxyl groups excluding tert-OH is 3. The molecule has 0 spiro atoms. The van der Waals surface area contributed by atoms with Gasteiger partial charge in [0, 0.05) is 118 Å². The van der Waals surface area contributed by atoms with E-state index < -0.39 is 0 Å². The highest BCUT2D eigenvalue weighted by Crippen LogP contribution is 2.41. The molecule has 12 aromatic carbocycles. The van der Waals surface area contributed by atoms with Crippen LogP contribution in [0.4, 0.5) is 5.69 Å². The van der Waals surface area contributed by atoms with Gasteiger partial charge in [-0.1, -0.05) is 247 Å². The summed E-state index contributed by atoms with van der Waals surface area (Å²) in [6.45, 7) is 13.6. The van der Waals surface area contributed by atoms with Gasteiger partial charge < -0.3 is 49.9 Å². The van der Waals surface area contributed by atoms with Crippen LogP contribution in [-0.2, 0) is 81.6 Å². The van der Waals surface area contributed by atoms with Crippen LogP contribution in [0.1, 0.15) is 90.4 Å². The fraction of sp³-hybridized carbons (Fsp3) is 0.263. The second kappa shape index (κ2) is 54.4. The van der Waals surface area contributed by atoms with Gasteiger partial charge in [-0.3, -0.25) is 14.9 Å². The van der Waals surface area contributed by atoms with Crippen molar-refractivity contribution in [1.29, 1.82) is 0 Å². The molecule has 0 unspecified atom stereocenters. The summed E-state index contributed by atoms with van der Waals surface area (Å²) in [6, 6.07) is 86.9. The van der Waals surface area contributed by atoms with Gasteiger partial charge in [0.1, 0.15) is 6.61 Å². The number of ether oxygens (including phenoxy) is 1. The first kappa shape index (κ1) is 102. The van der Waals surface area contributed by atoms with Crippen LogP contribution < -0.4 is 5.32 Å². The highest BCUT2D eigenvalue weighted by molar-refractivity contribution is 14.1. The van der Waals surface area contributed by atoms with Crippen molar-refractivity contribution < 1.29 is 29.8 Å². The zero-order valence-corrected chi connectivity index (χ0v) is 83.8. The van der Waals surface area contributed by atoms with Gasteiger partial charge in [-0.2, -0.15) is 0 Å². The summed E-state index contributed by atoms with van der Waals surface area (Å²) in [4.78, 5) is 44.2. The third-order valence-electron chi connectivity index (χ3n) is 18.1. The van der Waals surface area contributed by atoms with E-state index in [9.17, 15) is 30.2 Å². The Morgan fingerprint density at radius 2 is 0.697 bits per heavy atom. The van der Waals surface area contributed by atoms with Crippen molar-refractivity contribution in [2.24, 2.45) is 0 Å². The third-order valence-corrected chi connectivity index (χ3v) is 26.6. The maximum absolute atomic E-state index is 11.2. The number of hydrogen-bond acceptors (Lipinski definition) is 18. The minimum Gasteiger partial charge on any atom is -0.461 e. The molecule has 12 rings (SSSR count). The molecule has 0 aromatic heterocycles. The smallest absolute Gasteiger partial charge is 0.302 e. The molecule has 644 valence electrons. The average molecular weight is 2090 g/mol. The van der Waals surface area contributed by atoms with Crippen molar-refractivity contribution in [2.45, 2.75) is 149 Å². The summed E-state index contributed by atoms with van der Waals surface area (Å²) in [7, 11) is 22.6. The Labute approximate surface area is 789 Å². The Morgan fingerprint density at radius 3 is 1.11 bits per heavy atom. The van der Waals surface area contributed by atoms with Gasteiger partial charge in [-0.15, -0.1) is 0 Å². The molecule has 0 saturated carbocycles. The summed E-state index contributed by atoms with van der Waals surface area (Å²) in [5.41, 5.74) is 18.1. The van der Waals surface area contributed by atoms with Gasteiger partial charge in [0.25, 0.3) is 5.69 Å². The first-order chi connectivity index (χ1) is 58.4. The van der Waals surface area contributed by atoms with Crippen molar-refractivity contribution in [3.8, 4) is 0 Å². The van der Waals surface area contributed by atoms with E-state index in [1.807, 2.05) is 107 Å². The predicted molar refractivity (Wildman–Crippen MR) is 535 cm³/mol. The van der Waals surface area contributed by atoms with Crippen LogP contribution in [0.5, 0.6) is 0 Å². The van der Waals surface area contributed by atoms with Crippen LogP contribution in [0.3, 0.4) is 0 Å². The number of halogens is 4. The highest BCUT2D eigenvalue weighted by atomic mass is 127. The van der Waals surface area contributed by atoms with E-state index in [1.165, 1.54) is 108 Å². The molecule has 0 bridgehead atoms. The normalized spacial score (nSPS) is 10.9. The molecule has 0 aliphatic rings. The molecule has 0 amide bonds. The van der Waals surface area contributed by atoms with E-state index in [0.717, 1.165) is 101 Å². The fourth-order valence-corrected chi connectivity index (χ4v) is 19.5. The molecule has 0 heterocycles. The Morgan fingerprint density at radius 1 is 0.377 bits per heavy atom. The highest BCUT2D eigenvalue weighted by Gasteiger charge is 2.19. The van der Waals surface area contributed by atoms with Crippen molar-refractivity contribution in [3.05, 3.63) is 364 Å². The van der Waals surface area contributed by atoms with Gasteiger partial charge in [-0.25, -0.2) is 0 Å². The number of carbonyl (C=O) groups excluding carboxylic acids is 1. The Hall–Kier alpha value is -6.68. The van der Waals surface area contributed by atoms with Gasteiger partial charge in [0.15, 0.2) is 0 Å². The van der Waals surface area contributed by atoms with Crippen LogP contribution in [0.15, 0.2) is 313 Å². The molecule has 4 N–H and O–H groups in total. The van der Waals surface area contributed by atoms with Crippen LogP contribution in [-0.4, -0.2) is 128 Å². The number of benzene rings is 12. The number of nitro groups is 1. The number of rotatable bonds is 30. The number of nitrogens with zero attached hydrogens (tertiary/aromatic N) is 6. The van der Waals surface area contributed by atoms with E-state index in [1.54, 1.807) is 41.4 Å². The number of nitro benzene ring substituents is 1. The third kappa shape index (κ3) is 36.0. The second-order valence-corrected chi connectivity index (χ2v) is 39.9. The van der Waals surface area contributed by atoms with Gasteiger partial charge in [0.2, 0.25) is 0 Å². The number of nitrogens with one attached hydrogen (secondary N) is 1. The monoisotopic (exact) mass is 2080 g/mol. The van der Waals surface area contributed by atoms with E-state index in [4.69, 9.17) is 4.74 Å². The molecule has 14 nitrogen and oxygen atoms in total. The largest absolute Gasteiger partial charge is 0.461 e. The van der Waals surface area contributed by atoms with Crippen LogP contribution in [0, 0.1) is 38.0 Å². The maximum atomic E-state index is 11.2. The number of aliphatic hydroxyl groups is 3. The SMILES string of the molecule is CC(=O)OCc1cc(Br)ccc1Sc1ccccc1CN(C)C.CN(C)Cc1ccccc1Cc1ccc(I)cc1CO.CN(C)Cc1ccccc1Sc1ccc(Br)cc1[N+](=O)[O-].CNCc1ccccc1Sc1ccc(C)cc1CO.Cc1cc(I)ccc1Sc1ccccc1CN(C)C.Cc1ccc(Sc2ccccc2CN(C)C)c(CO)c1. The molecular formula is C99H113Br2I2N7O7S5. The molecule has 0 radical (unpaired) electrons. The molecule has 0 aliphatic heterocycles. The molecule has 0 saturated heterocycles. The minimum atomic E-state index is -0.346. The lowest BCUT2D eigenvalue weighted by Crippen LogP contribution is -2.12. The minimum absolute atomic E-state index is 0.0816. The topological polar surface area (TPSA) is 158 Å². The van der Waals surface area contributed by atoms with Crippen molar-refractivity contribution >= 4 is 148 Å². The second-order valence-electron chi connectivity index (χ2n) is 30.1. The van der Waals surface area contributed by atoms with E-state index in [-0.39, 0.29) is 43.0 Å². The van der Waals surface area contributed by atoms with Gasteiger partial charge in [0.05, 0.1) is 29.6 Å². The first-order valence-electron chi connectivity index (χ1n) is 39.6. The standard InChI is InChI=1S/C18H20BrNO2S.C17H20INO.C17H21NOS.C16H18INS.C16H19NOS.C15H15BrN2O2S/c1-13(21)22-12-15-10-16(19)8-9-18(15)23-17-7-5-4-6-14(17)11-20(2)3;1-19(2)11-15-6-4-3-5-13(15)9-14-7-8-17(18)10-16(14)12-20;1-13-8-9-17(15(10-13)12-19)20-16-7-5-4-6-14(16)11-18(2)3;1-12-10-14(17)8-9-15(12)19-16-7-5-4-6-13(16)11-18(2)3;1-12-7-8-16(14(9-12)11-18)19-15-6-4-3-5-13(15)10-17-2;1-17(2)10-11-5-3-4-6-14(11)21-15-8-7-12(16)9-13(15)18(19)20/h4-10H,11-12H2,1-3H3;3-8,10,20H,9,11-12H2,1-2H3;4-10,19H,11-12H2,1-3H3;4-10H,11H2,1-3H3;3-9,17-18H,10-11H2,1-2H3;3-9H,10H2,1-2H3. The van der Waals surface area contributed by atoms with E-state index in [0.29, 0.717) is 9.37 Å². The lowest BCUT2D eigenvalue weighted by Gasteiger charge is -2.15. The summed E-state index contributed by atoms with van der Waals surface area (Å²) < 4.78 is 9.32. The Bertz CT molecular complexity index is 5210. The Balaban J connectivity index is 0.000000202. The number of hydrogen-bond donors (Lipinski definition) is 4. The molecular weight excluding hydrogens is 1970 g/mol. The lowest BCUT2D eigenvalue weighted by molar-refractivity contribution is -0.387. The first-order valence-corrected chi connectivity index (χ1v) is 47.4. The van der Waals surface area contributed by atoms with Crippen molar-refractivity contribution in [2.75, 3.05) is 77.5 Å². The zero-order chi connectivity index (χ0) is 88.8. The maximum Gasteiger partial charge on any atom is 0.302 e. The summed E-state index contributed by atoms with van der Waals surface area (Å²) >= 11 is 19.8. The quantitative estimate of drug-likeness (QED) is 0.0146. The fourth-order valence-electron chi connectivity index (χ4n) is 12.4. The summed E-state index contributed by atoms with van der Waals surface area (Å²) in [5, 5.41) is 42.9. The van der Waals surface area contributed by atoms with Crippen LogP contribution in [0.25, 0.3) is 0 Å². The van der Waals surface area contributed by atoms with Crippen LogP contribution in [0.2, 0.25) is 0 Å². The zero-order valence-electron chi connectivity index (χ0n) is 72.2. The van der Waals surface area contributed by atoms with Gasteiger partial charge >= 0.3 is 5.97 Å². The molecule has 12 aromatic rings. The van der Waals surface area contributed by atoms with Crippen LogP contribution >= 0.6 is 136 Å². The molecule has 0 fully saturated rings. The number of carbonyl (C=O) groups is 1. The summed E-state index contributed by atoms with van der Waals surface area (Å²) in [5.74, 6) is -0.270. The lowest BCUT2D eigenvalue weighted by atomic mass is 9.96. The van der Waals surface area contributed by atoms with E-state index in [2.05, 4.69) is 352 Å².